The molecular weight excluding hydrogens is 236 g/mol. The second-order valence-corrected chi connectivity index (χ2v) is 4.35. The molecule has 1 aromatic heterocycles. The van der Waals surface area contributed by atoms with Crippen LogP contribution in [0.15, 0.2) is 41.9 Å². The highest BCUT2D eigenvalue weighted by atomic mass is 32.1. The van der Waals surface area contributed by atoms with E-state index in [1.807, 2.05) is 30.3 Å². The zero-order chi connectivity index (χ0) is 12.1. The number of ether oxygens (including phenoxy) is 1. The minimum absolute atomic E-state index is 0.454. The van der Waals surface area contributed by atoms with Gasteiger partial charge in [0.15, 0.2) is 6.10 Å². The van der Waals surface area contributed by atoms with Crippen LogP contribution in [0.1, 0.15) is 5.56 Å². The first-order valence-corrected chi connectivity index (χ1v) is 6.03. The predicted molar refractivity (Wildman–Crippen MR) is 65.9 cm³/mol. The van der Waals surface area contributed by atoms with Gasteiger partial charge in [-0.15, -0.1) is 0 Å². The molecule has 1 atom stereocenters. The maximum absolute atomic E-state index is 11.3. The van der Waals surface area contributed by atoms with Gasteiger partial charge in [0.05, 0.1) is 0 Å². The molecule has 88 valence electrons. The van der Waals surface area contributed by atoms with Crippen molar-refractivity contribution in [3.05, 3.63) is 47.5 Å². The van der Waals surface area contributed by atoms with Crippen LogP contribution in [0.3, 0.4) is 0 Å². The summed E-state index contributed by atoms with van der Waals surface area (Å²) in [5.74, 6) is -0.482. The van der Waals surface area contributed by atoms with Crippen molar-refractivity contribution in [1.82, 2.24) is 4.98 Å². The molecule has 1 unspecified atom stereocenters. The molecule has 0 aliphatic rings. The highest BCUT2D eigenvalue weighted by molar-refractivity contribution is 7.11. The standard InChI is InChI=1S/C12H12N2O2S/c13-11(15)10(16-12-14-6-7-17-12)8-9-4-2-1-3-5-9/h1-7,10H,8H2,(H2,13,15). The van der Waals surface area contributed by atoms with Crippen LogP contribution in [0, 0.1) is 0 Å². The van der Waals surface area contributed by atoms with E-state index < -0.39 is 12.0 Å². The summed E-state index contributed by atoms with van der Waals surface area (Å²) in [7, 11) is 0. The largest absolute Gasteiger partial charge is 0.456 e. The number of amides is 1. The van der Waals surface area contributed by atoms with Gasteiger partial charge in [0.2, 0.25) is 0 Å². The highest BCUT2D eigenvalue weighted by Gasteiger charge is 2.18. The second kappa shape index (κ2) is 5.45. The number of nitrogens with zero attached hydrogens (tertiary/aromatic N) is 1. The molecule has 17 heavy (non-hydrogen) atoms. The number of primary amides is 1. The average Bonchev–Trinajstić information content (AvgIpc) is 2.82. The lowest BCUT2D eigenvalue weighted by Gasteiger charge is -2.13. The molecule has 4 nitrogen and oxygen atoms in total. The fourth-order valence-electron chi connectivity index (χ4n) is 1.42. The molecule has 0 bridgehead atoms. The third kappa shape index (κ3) is 3.29. The molecule has 0 radical (unpaired) electrons. The third-order valence-electron chi connectivity index (χ3n) is 2.23. The quantitative estimate of drug-likeness (QED) is 0.874. The van der Waals surface area contributed by atoms with Crippen molar-refractivity contribution in [2.45, 2.75) is 12.5 Å². The topological polar surface area (TPSA) is 65.2 Å². The van der Waals surface area contributed by atoms with E-state index in [-0.39, 0.29) is 0 Å². The van der Waals surface area contributed by atoms with E-state index in [1.54, 1.807) is 11.6 Å². The minimum Gasteiger partial charge on any atom is -0.456 e. The molecule has 0 aliphatic carbocycles. The molecule has 5 heteroatoms. The summed E-state index contributed by atoms with van der Waals surface area (Å²) >= 11 is 1.34. The number of carbonyl (C=O) groups is 1. The molecule has 0 saturated heterocycles. The molecule has 1 amide bonds. The smallest absolute Gasteiger partial charge is 0.273 e. The van der Waals surface area contributed by atoms with Gasteiger partial charge in [0.25, 0.3) is 11.1 Å². The number of carbonyl (C=O) groups excluding carboxylic acids is 1. The van der Waals surface area contributed by atoms with E-state index in [0.717, 1.165) is 5.56 Å². The molecule has 0 fully saturated rings. The molecule has 1 aromatic carbocycles. The van der Waals surface area contributed by atoms with Crippen molar-refractivity contribution in [1.29, 1.82) is 0 Å². The number of thiazole rings is 1. The Labute approximate surface area is 103 Å². The van der Waals surface area contributed by atoms with Gasteiger partial charge < -0.3 is 10.5 Å². The fraction of sp³-hybridized carbons (Fsp3) is 0.167. The Kier molecular flexibility index (Phi) is 3.72. The van der Waals surface area contributed by atoms with E-state index in [2.05, 4.69) is 4.98 Å². The van der Waals surface area contributed by atoms with Crippen LogP contribution in [-0.2, 0) is 11.2 Å². The Morgan fingerprint density at radius 1 is 1.41 bits per heavy atom. The molecule has 2 N–H and O–H groups in total. The van der Waals surface area contributed by atoms with E-state index in [1.165, 1.54) is 11.3 Å². The van der Waals surface area contributed by atoms with Crippen molar-refractivity contribution in [3.8, 4) is 5.19 Å². The summed E-state index contributed by atoms with van der Waals surface area (Å²) in [6, 6.07) is 9.61. The van der Waals surface area contributed by atoms with Gasteiger partial charge in [-0.1, -0.05) is 41.7 Å². The van der Waals surface area contributed by atoms with Gasteiger partial charge >= 0.3 is 0 Å². The summed E-state index contributed by atoms with van der Waals surface area (Å²) in [5.41, 5.74) is 6.32. The highest BCUT2D eigenvalue weighted by Crippen LogP contribution is 2.17. The van der Waals surface area contributed by atoms with Crippen LogP contribution in [0.5, 0.6) is 5.19 Å². The Morgan fingerprint density at radius 2 is 2.18 bits per heavy atom. The van der Waals surface area contributed by atoms with E-state index in [0.29, 0.717) is 11.6 Å². The van der Waals surface area contributed by atoms with E-state index >= 15 is 0 Å². The summed E-state index contributed by atoms with van der Waals surface area (Å²) < 4.78 is 5.45. The van der Waals surface area contributed by atoms with Crippen LogP contribution in [0.4, 0.5) is 0 Å². The summed E-state index contributed by atoms with van der Waals surface area (Å²) in [6.45, 7) is 0. The lowest BCUT2D eigenvalue weighted by Crippen LogP contribution is -2.35. The number of hydrogen-bond donors (Lipinski definition) is 1. The minimum atomic E-state index is -0.677. The Balaban J connectivity index is 2.06. The zero-order valence-corrected chi connectivity index (χ0v) is 9.89. The van der Waals surface area contributed by atoms with Crippen LogP contribution < -0.4 is 10.5 Å². The van der Waals surface area contributed by atoms with E-state index in [9.17, 15) is 4.79 Å². The van der Waals surface area contributed by atoms with Gasteiger partial charge in [-0.25, -0.2) is 4.98 Å². The maximum atomic E-state index is 11.3. The molecule has 2 rings (SSSR count). The lowest BCUT2D eigenvalue weighted by molar-refractivity contribution is -0.124. The Morgan fingerprint density at radius 3 is 2.76 bits per heavy atom. The van der Waals surface area contributed by atoms with Crippen LogP contribution >= 0.6 is 11.3 Å². The fourth-order valence-corrected chi connectivity index (χ4v) is 1.95. The van der Waals surface area contributed by atoms with Crippen LogP contribution in [0.25, 0.3) is 0 Å². The molecular formula is C12H12N2O2S. The van der Waals surface area contributed by atoms with Gasteiger partial charge in [-0.3, -0.25) is 4.79 Å². The molecule has 0 spiro atoms. The van der Waals surface area contributed by atoms with Gasteiger partial charge in [-0.2, -0.15) is 0 Å². The third-order valence-corrected chi connectivity index (χ3v) is 2.90. The molecule has 0 saturated carbocycles. The van der Waals surface area contributed by atoms with Crippen molar-refractivity contribution < 1.29 is 9.53 Å². The first-order chi connectivity index (χ1) is 8.25. The summed E-state index contributed by atoms with van der Waals surface area (Å²) in [5, 5.41) is 2.25. The van der Waals surface area contributed by atoms with Gasteiger partial charge in [-0.05, 0) is 5.56 Å². The summed E-state index contributed by atoms with van der Waals surface area (Å²) in [6.07, 6.45) is 1.40. The first kappa shape index (κ1) is 11.6. The number of aromatic nitrogens is 1. The van der Waals surface area contributed by atoms with Crippen LogP contribution in [-0.4, -0.2) is 17.0 Å². The average molecular weight is 248 g/mol. The van der Waals surface area contributed by atoms with Gasteiger partial charge in [0.1, 0.15) is 0 Å². The summed E-state index contributed by atoms with van der Waals surface area (Å²) in [4.78, 5) is 15.3. The van der Waals surface area contributed by atoms with Crippen molar-refractivity contribution in [3.63, 3.8) is 0 Å². The second-order valence-electron chi connectivity index (χ2n) is 3.50. The normalized spacial score (nSPS) is 12.0. The maximum Gasteiger partial charge on any atom is 0.273 e. The number of rotatable bonds is 5. The van der Waals surface area contributed by atoms with Crippen molar-refractivity contribution in [2.24, 2.45) is 5.73 Å². The SMILES string of the molecule is NC(=O)C(Cc1ccccc1)Oc1nccs1. The molecule has 0 aliphatic heterocycles. The zero-order valence-electron chi connectivity index (χ0n) is 9.08. The van der Waals surface area contributed by atoms with Gasteiger partial charge in [0, 0.05) is 18.0 Å². The Hall–Kier alpha value is -1.88. The predicted octanol–water partition coefficient (Wildman–Crippen LogP) is 1.62. The van der Waals surface area contributed by atoms with Crippen LogP contribution in [0.2, 0.25) is 0 Å². The Bertz CT molecular complexity index is 471. The lowest BCUT2D eigenvalue weighted by atomic mass is 10.1. The van der Waals surface area contributed by atoms with E-state index in [4.69, 9.17) is 10.5 Å². The van der Waals surface area contributed by atoms with Crippen molar-refractivity contribution >= 4 is 17.2 Å². The molecule has 1 heterocycles. The van der Waals surface area contributed by atoms with Crippen molar-refractivity contribution in [2.75, 3.05) is 0 Å². The molecule has 2 aromatic rings. The first-order valence-electron chi connectivity index (χ1n) is 5.15. The number of nitrogens with two attached hydrogens (primary N) is 1. The number of benzene rings is 1. The number of hydrogen-bond acceptors (Lipinski definition) is 4. The monoisotopic (exact) mass is 248 g/mol.